The highest BCUT2D eigenvalue weighted by Gasteiger charge is 2.27. The normalized spacial score (nSPS) is 15.9. The number of nitrogens with zero attached hydrogens (tertiary/aromatic N) is 3. The Kier molecular flexibility index (Phi) is 7.03. The molecule has 2 heterocycles. The third-order valence-electron chi connectivity index (χ3n) is 5.80. The Morgan fingerprint density at radius 3 is 2.47 bits per heavy atom. The molecule has 1 saturated heterocycles. The minimum absolute atomic E-state index is 0.336. The number of piperidine rings is 1. The van der Waals surface area contributed by atoms with Gasteiger partial charge in [0.15, 0.2) is 0 Å². The first kappa shape index (κ1) is 22.6. The molecule has 6 nitrogen and oxygen atoms in total. The van der Waals surface area contributed by atoms with Crippen molar-refractivity contribution >= 4 is 32.7 Å². The molecule has 1 fully saturated rings. The molecule has 1 N–H and O–H groups in total. The van der Waals surface area contributed by atoms with Gasteiger partial charge in [-0.1, -0.05) is 50.2 Å². The molecule has 1 aliphatic heterocycles. The van der Waals surface area contributed by atoms with Crippen LogP contribution in [-0.2, 0) is 16.4 Å². The van der Waals surface area contributed by atoms with Gasteiger partial charge in [-0.3, -0.25) is 5.43 Å². The van der Waals surface area contributed by atoms with Crippen molar-refractivity contribution in [1.82, 2.24) is 9.29 Å². The van der Waals surface area contributed by atoms with Crippen molar-refractivity contribution in [3.8, 4) is 11.3 Å². The summed E-state index contributed by atoms with van der Waals surface area (Å²) in [6, 6.07) is 15.2. The minimum atomic E-state index is -3.44. The second-order valence-corrected chi connectivity index (χ2v) is 10.9. The van der Waals surface area contributed by atoms with Crippen LogP contribution in [0.4, 0.5) is 5.13 Å². The lowest BCUT2D eigenvalue weighted by Gasteiger charge is -2.29. The van der Waals surface area contributed by atoms with Crippen LogP contribution in [0.25, 0.3) is 11.3 Å². The fourth-order valence-electron chi connectivity index (χ4n) is 3.63. The molecule has 0 radical (unpaired) electrons. The fourth-order valence-corrected chi connectivity index (χ4v) is 5.77. The van der Waals surface area contributed by atoms with E-state index < -0.39 is 10.0 Å². The molecule has 4 rings (SSSR count). The Labute approximate surface area is 194 Å². The van der Waals surface area contributed by atoms with Crippen LogP contribution in [0.5, 0.6) is 0 Å². The van der Waals surface area contributed by atoms with E-state index >= 15 is 0 Å². The zero-order valence-corrected chi connectivity index (χ0v) is 20.0. The predicted molar refractivity (Wildman–Crippen MR) is 132 cm³/mol. The molecule has 1 aliphatic rings. The molecule has 168 valence electrons. The van der Waals surface area contributed by atoms with Gasteiger partial charge in [0.05, 0.1) is 16.8 Å². The summed E-state index contributed by atoms with van der Waals surface area (Å²) in [6.07, 6.45) is 4.61. The number of hydrazone groups is 1. The third-order valence-corrected chi connectivity index (χ3v) is 8.46. The highest BCUT2D eigenvalue weighted by molar-refractivity contribution is 7.89. The number of anilines is 1. The standard InChI is InChI=1S/C24H28N4O2S2/c1-3-19-4-6-20(7-5-19)16-25-27-24-26-23(17-31-24)21-8-10-22(11-9-21)32(29,30)28-14-12-18(2)13-15-28/h4-11,16-18H,3,12-15H2,1-2H3,(H,26,27). The molecule has 3 aromatic rings. The van der Waals surface area contributed by atoms with Crippen molar-refractivity contribution in [2.75, 3.05) is 18.5 Å². The van der Waals surface area contributed by atoms with Crippen molar-refractivity contribution in [3.05, 3.63) is 65.0 Å². The largest absolute Gasteiger partial charge is 0.253 e. The van der Waals surface area contributed by atoms with E-state index in [9.17, 15) is 8.42 Å². The van der Waals surface area contributed by atoms with Crippen LogP contribution in [0.3, 0.4) is 0 Å². The minimum Gasteiger partial charge on any atom is -0.253 e. The number of aryl methyl sites for hydroxylation is 1. The summed E-state index contributed by atoms with van der Waals surface area (Å²) in [5, 5.41) is 6.88. The van der Waals surface area contributed by atoms with Gasteiger partial charge >= 0.3 is 0 Å². The van der Waals surface area contributed by atoms with Gasteiger partial charge in [0.1, 0.15) is 0 Å². The summed E-state index contributed by atoms with van der Waals surface area (Å²) in [5.41, 5.74) is 6.95. The quantitative estimate of drug-likeness (QED) is 0.380. The Morgan fingerprint density at radius 2 is 1.81 bits per heavy atom. The first-order chi connectivity index (χ1) is 15.5. The predicted octanol–water partition coefficient (Wildman–Crippen LogP) is 5.24. The topological polar surface area (TPSA) is 74.7 Å². The molecule has 32 heavy (non-hydrogen) atoms. The molecule has 0 aliphatic carbocycles. The first-order valence-corrected chi connectivity index (χ1v) is 13.2. The summed E-state index contributed by atoms with van der Waals surface area (Å²) in [4.78, 5) is 4.90. The third kappa shape index (κ3) is 5.26. The lowest BCUT2D eigenvalue weighted by molar-refractivity contribution is 0.288. The second kappa shape index (κ2) is 9.94. The zero-order valence-electron chi connectivity index (χ0n) is 18.4. The Balaban J connectivity index is 1.40. The van der Waals surface area contributed by atoms with Crippen molar-refractivity contribution in [2.45, 2.75) is 38.0 Å². The van der Waals surface area contributed by atoms with E-state index in [0.717, 1.165) is 36.1 Å². The average Bonchev–Trinajstić information content (AvgIpc) is 3.29. The average molecular weight is 469 g/mol. The van der Waals surface area contributed by atoms with Gasteiger partial charge in [0.2, 0.25) is 15.2 Å². The van der Waals surface area contributed by atoms with Crippen molar-refractivity contribution in [2.24, 2.45) is 11.0 Å². The summed E-state index contributed by atoms with van der Waals surface area (Å²) in [5.74, 6) is 0.585. The number of aromatic nitrogens is 1. The number of sulfonamides is 1. The van der Waals surface area contributed by atoms with Crippen LogP contribution < -0.4 is 5.43 Å². The monoisotopic (exact) mass is 468 g/mol. The molecular formula is C24H28N4O2S2. The molecule has 0 amide bonds. The van der Waals surface area contributed by atoms with Crippen molar-refractivity contribution in [3.63, 3.8) is 0 Å². The van der Waals surface area contributed by atoms with E-state index in [4.69, 9.17) is 0 Å². The molecular weight excluding hydrogens is 440 g/mol. The fraction of sp³-hybridized carbons (Fsp3) is 0.333. The van der Waals surface area contributed by atoms with Gasteiger partial charge < -0.3 is 0 Å². The van der Waals surface area contributed by atoms with Crippen LogP contribution in [0, 0.1) is 5.92 Å². The zero-order chi connectivity index (χ0) is 22.6. The molecule has 8 heteroatoms. The SMILES string of the molecule is CCc1ccc(C=NNc2nc(-c3ccc(S(=O)(=O)N4CCC(C)CC4)cc3)cs2)cc1. The lowest BCUT2D eigenvalue weighted by atomic mass is 10.0. The van der Waals surface area contributed by atoms with E-state index in [0.29, 0.717) is 29.0 Å². The summed E-state index contributed by atoms with van der Waals surface area (Å²) in [7, 11) is -3.44. The van der Waals surface area contributed by atoms with E-state index in [1.807, 2.05) is 29.6 Å². The van der Waals surface area contributed by atoms with Gasteiger partial charge in [-0.2, -0.15) is 9.41 Å². The van der Waals surface area contributed by atoms with Crippen LogP contribution in [-0.4, -0.2) is 37.0 Å². The Hall–Kier alpha value is -2.55. The Bertz CT molecular complexity index is 1160. The van der Waals surface area contributed by atoms with Gasteiger partial charge in [-0.25, -0.2) is 13.4 Å². The van der Waals surface area contributed by atoms with Gasteiger partial charge in [0.25, 0.3) is 0 Å². The van der Waals surface area contributed by atoms with Gasteiger partial charge in [0, 0.05) is 24.0 Å². The van der Waals surface area contributed by atoms with E-state index in [1.165, 1.54) is 16.9 Å². The Morgan fingerprint density at radius 1 is 1.12 bits per heavy atom. The molecule has 0 unspecified atom stereocenters. The molecule has 0 bridgehead atoms. The smallest absolute Gasteiger partial charge is 0.243 e. The van der Waals surface area contributed by atoms with E-state index in [1.54, 1.807) is 22.7 Å². The highest BCUT2D eigenvalue weighted by Crippen LogP contribution is 2.28. The van der Waals surface area contributed by atoms with Gasteiger partial charge in [-0.15, -0.1) is 11.3 Å². The second-order valence-electron chi connectivity index (χ2n) is 8.11. The van der Waals surface area contributed by atoms with Crippen LogP contribution in [0.1, 0.15) is 37.8 Å². The maximum atomic E-state index is 12.9. The molecule has 0 spiro atoms. The van der Waals surface area contributed by atoms with Crippen molar-refractivity contribution in [1.29, 1.82) is 0 Å². The number of thiazole rings is 1. The molecule has 1 aromatic heterocycles. The highest BCUT2D eigenvalue weighted by atomic mass is 32.2. The number of nitrogens with one attached hydrogen (secondary N) is 1. The van der Waals surface area contributed by atoms with Crippen LogP contribution >= 0.6 is 11.3 Å². The lowest BCUT2D eigenvalue weighted by Crippen LogP contribution is -2.37. The van der Waals surface area contributed by atoms with Crippen LogP contribution in [0.2, 0.25) is 0 Å². The number of rotatable bonds is 7. The van der Waals surface area contributed by atoms with E-state index in [2.05, 4.69) is 41.5 Å². The molecule has 0 atom stereocenters. The first-order valence-electron chi connectivity index (χ1n) is 10.9. The molecule has 0 saturated carbocycles. The summed E-state index contributed by atoms with van der Waals surface area (Å²) < 4.78 is 27.4. The van der Waals surface area contributed by atoms with Crippen molar-refractivity contribution < 1.29 is 8.42 Å². The number of benzene rings is 2. The van der Waals surface area contributed by atoms with Gasteiger partial charge in [-0.05, 0) is 48.4 Å². The summed E-state index contributed by atoms with van der Waals surface area (Å²) >= 11 is 1.46. The summed E-state index contributed by atoms with van der Waals surface area (Å²) in [6.45, 7) is 5.49. The number of hydrogen-bond acceptors (Lipinski definition) is 6. The molecule has 2 aromatic carbocycles. The van der Waals surface area contributed by atoms with E-state index in [-0.39, 0.29) is 0 Å². The maximum absolute atomic E-state index is 12.9. The maximum Gasteiger partial charge on any atom is 0.243 e. The van der Waals surface area contributed by atoms with Crippen LogP contribution in [0.15, 0.2) is 63.9 Å². The number of hydrogen-bond donors (Lipinski definition) is 1.